The Hall–Kier alpha value is -2.89. The maximum atomic E-state index is 12.0. The van der Waals surface area contributed by atoms with Gasteiger partial charge in [-0.25, -0.2) is 0 Å². The van der Waals surface area contributed by atoms with Gasteiger partial charge in [0.2, 0.25) is 5.91 Å². The second-order valence-electron chi connectivity index (χ2n) is 5.20. The minimum absolute atomic E-state index is 0.0719. The van der Waals surface area contributed by atoms with Crippen LogP contribution in [0.3, 0.4) is 0 Å². The largest absolute Gasteiger partial charge is 0.466 e. The van der Waals surface area contributed by atoms with Crippen molar-refractivity contribution in [3.8, 4) is 0 Å². The number of benzene rings is 1. The van der Waals surface area contributed by atoms with Crippen molar-refractivity contribution in [2.75, 3.05) is 5.32 Å². The zero-order valence-electron chi connectivity index (χ0n) is 13.0. The number of hydrogen-bond acceptors (Lipinski definition) is 4. The van der Waals surface area contributed by atoms with Crippen molar-refractivity contribution in [1.82, 2.24) is 0 Å². The fraction of sp³-hybridized carbons (Fsp3) is 0.235. The van der Waals surface area contributed by atoms with Crippen molar-refractivity contribution in [2.24, 2.45) is 5.73 Å². The summed E-state index contributed by atoms with van der Waals surface area (Å²) in [6, 6.07) is 8.19. The van der Waals surface area contributed by atoms with Crippen LogP contribution in [0.1, 0.15) is 45.6 Å². The van der Waals surface area contributed by atoms with Gasteiger partial charge in [-0.1, -0.05) is 12.1 Å². The summed E-state index contributed by atoms with van der Waals surface area (Å²) in [6.07, 6.45) is 0.524. The van der Waals surface area contributed by atoms with Gasteiger partial charge in [0, 0.05) is 12.8 Å². The van der Waals surface area contributed by atoms with Crippen molar-refractivity contribution in [3.05, 3.63) is 53.0 Å². The van der Waals surface area contributed by atoms with Crippen LogP contribution in [0.5, 0.6) is 0 Å². The summed E-state index contributed by atoms with van der Waals surface area (Å²) in [6.45, 7) is 3.18. The molecule has 0 spiro atoms. The lowest BCUT2D eigenvalue weighted by atomic mass is 10.1. The van der Waals surface area contributed by atoms with Gasteiger partial charge in [-0.05, 0) is 32.0 Å². The van der Waals surface area contributed by atoms with Crippen LogP contribution < -0.4 is 11.1 Å². The molecule has 0 radical (unpaired) electrons. The normalized spacial score (nSPS) is 10.3. The van der Waals surface area contributed by atoms with Crippen LogP contribution in [0, 0.1) is 6.92 Å². The van der Waals surface area contributed by atoms with Crippen molar-refractivity contribution in [2.45, 2.75) is 26.7 Å². The lowest BCUT2D eigenvalue weighted by Gasteiger charge is -2.08. The number of Topliss-reactive ketones (excluding diaryl/α,β-unsaturated/α-hetero) is 1. The molecule has 0 aliphatic carbocycles. The molecule has 0 saturated carbocycles. The van der Waals surface area contributed by atoms with E-state index in [1.54, 1.807) is 37.3 Å². The third-order valence-corrected chi connectivity index (χ3v) is 3.41. The van der Waals surface area contributed by atoms with Crippen LogP contribution in [-0.2, 0) is 11.2 Å². The maximum Gasteiger partial charge on any atom is 0.250 e. The number of nitrogens with one attached hydrogen (secondary N) is 1. The van der Waals surface area contributed by atoms with E-state index in [2.05, 4.69) is 5.32 Å². The lowest BCUT2D eigenvalue weighted by Crippen LogP contribution is -2.18. The Morgan fingerprint density at radius 2 is 1.87 bits per heavy atom. The van der Waals surface area contributed by atoms with Gasteiger partial charge < -0.3 is 15.5 Å². The van der Waals surface area contributed by atoms with Gasteiger partial charge in [-0.2, -0.15) is 0 Å². The molecule has 1 heterocycles. The summed E-state index contributed by atoms with van der Waals surface area (Å²) in [5.74, 6) is 0.182. The van der Waals surface area contributed by atoms with Gasteiger partial charge >= 0.3 is 0 Å². The first kappa shape index (κ1) is 16.5. The van der Waals surface area contributed by atoms with Crippen LogP contribution in [-0.4, -0.2) is 17.6 Å². The second kappa shape index (κ2) is 6.91. The van der Waals surface area contributed by atoms with Gasteiger partial charge in [0.05, 0.1) is 16.8 Å². The number of furan rings is 1. The molecule has 0 aliphatic heterocycles. The minimum atomic E-state index is -0.603. The Balaban J connectivity index is 2.00. The number of rotatable bonds is 6. The highest BCUT2D eigenvalue weighted by Gasteiger charge is 2.14. The van der Waals surface area contributed by atoms with E-state index in [0.29, 0.717) is 29.2 Å². The summed E-state index contributed by atoms with van der Waals surface area (Å²) in [5, 5.41) is 2.66. The number of aryl methyl sites for hydroxylation is 2. The number of carbonyl (C=O) groups excluding carboxylic acids is 3. The average molecular weight is 314 g/mol. The monoisotopic (exact) mass is 314 g/mol. The molecule has 2 rings (SSSR count). The molecule has 2 amide bonds. The Morgan fingerprint density at radius 1 is 1.17 bits per heavy atom. The molecule has 6 heteroatoms. The molecule has 0 atom stereocenters. The SMILES string of the molecule is CC(=O)c1cc(CCC(=O)Nc2ccccc2C(N)=O)oc1C. The molecular formula is C17H18N2O4. The van der Waals surface area contributed by atoms with Gasteiger partial charge in [0.1, 0.15) is 11.5 Å². The molecule has 23 heavy (non-hydrogen) atoms. The Labute approximate surface area is 133 Å². The number of nitrogens with two attached hydrogens (primary N) is 1. The predicted molar refractivity (Wildman–Crippen MR) is 85.4 cm³/mol. The molecule has 0 bridgehead atoms. The van der Waals surface area contributed by atoms with E-state index < -0.39 is 5.91 Å². The fourth-order valence-electron chi connectivity index (χ4n) is 2.27. The quantitative estimate of drug-likeness (QED) is 0.799. The van der Waals surface area contributed by atoms with Crippen molar-refractivity contribution in [1.29, 1.82) is 0 Å². The Bertz CT molecular complexity index is 762. The van der Waals surface area contributed by atoms with E-state index in [-0.39, 0.29) is 23.7 Å². The van der Waals surface area contributed by atoms with Crippen LogP contribution >= 0.6 is 0 Å². The number of amides is 2. The molecule has 0 fully saturated rings. The van der Waals surface area contributed by atoms with Crippen LogP contribution in [0.4, 0.5) is 5.69 Å². The summed E-state index contributed by atoms with van der Waals surface area (Å²) < 4.78 is 5.46. The zero-order valence-corrected chi connectivity index (χ0v) is 13.0. The number of primary amides is 1. The Morgan fingerprint density at radius 3 is 2.48 bits per heavy atom. The first-order valence-electron chi connectivity index (χ1n) is 7.17. The van der Waals surface area contributed by atoms with Gasteiger partial charge in [-0.3, -0.25) is 14.4 Å². The summed E-state index contributed by atoms with van der Waals surface area (Å²) >= 11 is 0. The molecule has 0 unspecified atom stereocenters. The number of ketones is 1. The Kier molecular flexibility index (Phi) is 4.95. The van der Waals surface area contributed by atoms with Crippen LogP contribution in [0.15, 0.2) is 34.7 Å². The molecule has 2 aromatic rings. The van der Waals surface area contributed by atoms with Crippen molar-refractivity contribution < 1.29 is 18.8 Å². The summed E-state index contributed by atoms with van der Waals surface area (Å²) in [4.78, 5) is 34.7. The van der Waals surface area contributed by atoms with Gasteiger partial charge in [0.15, 0.2) is 5.78 Å². The predicted octanol–water partition coefficient (Wildman–Crippen LogP) is 2.46. The van der Waals surface area contributed by atoms with E-state index in [0.717, 1.165) is 0 Å². The molecule has 6 nitrogen and oxygen atoms in total. The summed E-state index contributed by atoms with van der Waals surface area (Å²) in [7, 11) is 0. The maximum absolute atomic E-state index is 12.0. The highest BCUT2D eigenvalue weighted by Crippen LogP contribution is 2.18. The van der Waals surface area contributed by atoms with Crippen LogP contribution in [0.25, 0.3) is 0 Å². The number of carbonyl (C=O) groups is 3. The number of hydrogen-bond donors (Lipinski definition) is 2. The highest BCUT2D eigenvalue weighted by molar-refractivity contribution is 6.03. The topological polar surface area (TPSA) is 102 Å². The van der Waals surface area contributed by atoms with E-state index >= 15 is 0 Å². The first-order chi connectivity index (χ1) is 10.9. The fourth-order valence-corrected chi connectivity index (χ4v) is 2.27. The molecule has 0 aliphatic rings. The van der Waals surface area contributed by atoms with E-state index in [9.17, 15) is 14.4 Å². The van der Waals surface area contributed by atoms with E-state index in [1.165, 1.54) is 6.92 Å². The molecule has 0 saturated heterocycles. The third kappa shape index (κ3) is 4.06. The zero-order chi connectivity index (χ0) is 17.0. The van der Waals surface area contributed by atoms with Gasteiger partial charge in [0.25, 0.3) is 5.91 Å². The average Bonchev–Trinajstić information content (AvgIpc) is 2.87. The van der Waals surface area contributed by atoms with Crippen molar-refractivity contribution in [3.63, 3.8) is 0 Å². The van der Waals surface area contributed by atoms with Gasteiger partial charge in [-0.15, -0.1) is 0 Å². The molecule has 120 valence electrons. The molecule has 1 aromatic carbocycles. The first-order valence-corrected chi connectivity index (χ1v) is 7.17. The standard InChI is InChI=1S/C17H18N2O4/c1-10(20)14-9-12(23-11(14)2)7-8-16(21)19-15-6-4-3-5-13(15)17(18)22/h3-6,9H,7-8H2,1-2H3,(H2,18,22)(H,19,21). The number of anilines is 1. The molecular weight excluding hydrogens is 296 g/mol. The van der Waals surface area contributed by atoms with E-state index in [1.807, 2.05) is 0 Å². The highest BCUT2D eigenvalue weighted by atomic mass is 16.3. The lowest BCUT2D eigenvalue weighted by molar-refractivity contribution is -0.116. The van der Waals surface area contributed by atoms with Crippen LogP contribution in [0.2, 0.25) is 0 Å². The minimum Gasteiger partial charge on any atom is -0.466 e. The summed E-state index contributed by atoms with van der Waals surface area (Å²) in [5.41, 5.74) is 6.43. The smallest absolute Gasteiger partial charge is 0.250 e. The molecule has 3 N–H and O–H groups in total. The van der Waals surface area contributed by atoms with Crippen molar-refractivity contribution >= 4 is 23.3 Å². The second-order valence-corrected chi connectivity index (χ2v) is 5.20. The molecule has 1 aromatic heterocycles. The number of para-hydroxylation sites is 1. The third-order valence-electron chi connectivity index (χ3n) is 3.41. The van der Waals surface area contributed by atoms with E-state index in [4.69, 9.17) is 10.2 Å².